The van der Waals surface area contributed by atoms with Crippen molar-refractivity contribution in [3.63, 3.8) is 0 Å². The number of hydrogen-bond donors (Lipinski definition) is 0. The summed E-state index contributed by atoms with van der Waals surface area (Å²) in [6.07, 6.45) is 6.62. The molecule has 1 aromatic heterocycles. The molecule has 0 bridgehead atoms. The van der Waals surface area contributed by atoms with Crippen LogP contribution >= 0.6 is 11.8 Å². The number of aromatic nitrogens is 1. The van der Waals surface area contributed by atoms with Gasteiger partial charge in [0.25, 0.3) is 0 Å². The van der Waals surface area contributed by atoms with Crippen molar-refractivity contribution in [3.05, 3.63) is 30.3 Å². The molecule has 3 heteroatoms. The molecule has 0 saturated carbocycles. The van der Waals surface area contributed by atoms with Crippen LogP contribution in [0.2, 0.25) is 0 Å². The van der Waals surface area contributed by atoms with Gasteiger partial charge in [0.05, 0.1) is 0 Å². The second kappa shape index (κ2) is 5.25. The number of hydrogen-bond acceptors (Lipinski definition) is 3. The number of pyridine rings is 1. The lowest BCUT2D eigenvalue weighted by atomic mass is 10.2. The van der Waals surface area contributed by atoms with Crippen molar-refractivity contribution in [2.45, 2.75) is 11.3 Å². The van der Waals surface area contributed by atoms with Crippen molar-refractivity contribution >= 4 is 11.8 Å². The van der Waals surface area contributed by atoms with E-state index in [0.29, 0.717) is 0 Å². The van der Waals surface area contributed by atoms with Crippen LogP contribution in [0.5, 0.6) is 0 Å². The summed E-state index contributed by atoms with van der Waals surface area (Å²) in [6.45, 7) is 1.04. The smallest absolute Gasteiger partial charge is 0.0427 e. The lowest BCUT2D eigenvalue weighted by Gasteiger charge is -2.08. The van der Waals surface area contributed by atoms with E-state index in [1.54, 1.807) is 0 Å². The first-order valence-electron chi connectivity index (χ1n) is 4.24. The number of likely N-dealkylation sites (N-methyl/N-ethyl adjacent to an activating group) is 1. The predicted molar refractivity (Wildman–Crippen MR) is 57.7 cm³/mol. The molecular formula is C10H15N2S. The lowest BCUT2D eigenvalue weighted by Crippen LogP contribution is -2.15. The summed E-state index contributed by atoms with van der Waals surface area (Å²) in [7, 11) is 4.14. The van der Waals surface area contributed by atoms with Crippen LogP contribution in [0.1, 0.15) is 5.69 Å². The molecule has 1 aromatic rings. The molecule has 2 nitrogen and oxygen atoms in total. The Labute approximate surface area is 84.4 Å². The first kappa shape index (κ1) is 10.5. The first-order chi connectivity index (χ1) is 6.22. The Morgan fingerprint density at radius 1 is 1.54 bits per heavy atom. The summed E-state index contributed by atoms with van der Waals surface area (Å²) < 4.78 is 0. The standard InChI is InChI=1S/C10H15N2S/c1-12(2)7-5-9-8-10(13-3)4-6-11-9/h4,6,8H,3,5,7H2,1-2H3. The molecule has 0 saturated heterocycles. The third kappa shape index (κ3) is 3.79. The van der Waals surface area contributed by atoms with Crippen LogP contribution in [0.4, 0.5) is 0 Å². The molecule has 0 fully saturated rings. The molecule has 0 atom stereocenters. The molecule has 0 aliphatic rings. The maximum absolute atomic E-state index is 4.29. The highest BCUT2D eigenvalue weighted by atomic mass is 32.2. The number of rotatable bonds is 4. The van der Waals surface area contributed by atoms with Crippen LogP contribution in [-0.4, -0.2) is 30.5 Å². The first-order valence-corrected chi connectivity index (χ1v) is 5.22. The van der Waals surface area contributed by atoms with Gasteiger partial charge >= 0.3 is 0 Å². The molecule has 1 heterocycles. The zero-order valence-electron chi connectivity index (χ0n) is 8.16. The van der Waals surface area contributed by atoms with Crippen LogP contribution in [0.3, 0.4) is 0 Å². The van der Waals surface area contributed by atoms with Gasteiger partial charge in [0.15, 0.2) is 0 Å². The van der Waals surface area contributed by atoms with Crippen molar-refractivity contribution in [2.24, 2.45) is 0 Å². The summed E-state index contributed by atoms with van der Waals surface area (Å²) >= 11 is 1.51. The number of thioether (sulfide) groups is 1. The second-order valence-corrected chi connectivity index (χ2v) is 3.94. The molecule has 0 N–H and O–H groups in total. The normalized spacial score (nSPS) is 10.8. The van der Waals surface area contributed by atoms with Crippen molar-refractivity contribution in [2.75, 3.05) is 20.6 Å². The maximum Gasteiger partial charge on any atom is 0.0427 e. The van der Waals surface area contributed by atoms with Crippen LogP contribution in [0, 0.1) is 6.26 Å². The van der Waals surface area contributed by atoms with Gasteiger partial charge in [-0.1, -0.05) is 0 Å². The van der Waals surface area contributed by atoms with Crippen LogP contribution in [0.15, 0.2) is 23.2 Å². The van der Waals surface area contributed by atoms with Crippen molar-refractivity contribution in [1.29, 1.82) is 0 Å². The van der Waals surface area contributed by atoms with Crippen molar-refractivity contribution in [3.8, 4) is 0 Å². The molecule has 1 radical (unpaired) electrons. The monoisotopic (exact) mass is 195 g/mol. The maximum atomic E-state index is 4.29. The van der Waals surface area contributed by atoms with Gasteiger partial charge in [0.1, 0.15) is 0 Å². The van der Waals surface area contributed by atoms with Gasteiger partial charge in [-0.3, -0.25) is 4.98 Å². The Bertz CT molecular complexity index is 261. The van der Waals surface area contributed by atoms with Crippen LogP contribution in [0.25, 0.3) is 0 Å². The molecule has 0 unspecified atom stereocenters. The highest BCUT2D eigenvalue weighted by Gasteiger charge is 1.97. The van der Waals surface area contributed by atoms with E-state index in [9.17, 15) is 0 Å². The van der Waals surface area contributed by atoms with Crippen LogP contribution < -0.4 is 0 Å². The average Bonchev–Trinajstić information content (AvgIpc) is 2.15. The summed E-state index contributed by atoms with van der Waals surface area (Å²) in [6, 6.07) is 4.08. The third-order valence-electron chi connectivity index (χ3n) is 1.77. The van der Waals surface area contributed by atoms with E-state index in [4.69, 9.17) is 0 Å². The minimum atomic E-state index is 1.00. The van der Waals surface area contributed by atoms with E-state index in [1.165, 1.54) is 16.7 Å². The van der Waals surface area contributed by atoms with Gasteiger partial charge < -0.3 is 4.90 Å². The molecular weight excluding hydrogens is 180 g/mol. The molecule has 0 amide bonds. The van der Waals surface area contributed by atoms with E-state index in [-0.39, 0.29) is 0 Å². The van der Waals surface area contributed by atoms with Gasteiger partial charge in [-0.25, -0.2) is 0 Å². The lowest BCUT2D eigenvalue weighted by molar-refractivity contribution is 0.411. The van der Waals surface area contributed by atoms with Crippen LogP contribution in [-0.2, 0) is 6.42 Å². The summed E-state index contributed by atoms with van der Waals surface area (Å²) in [5.41, 5.74) is 1.14. The highest BCUT2D eigenvalue weighted by molar-refractivity contribution is 8.00. The fraction of sp³-hybridized carbons (Fsp3) is 0.400. The fourth-order valence-electron chi connectivity index (χ4n) is 1.02. The minimum absolute atomic E-state index is 1.00. The third-order valence-corrected chi connectivity index (χ3v) is 2.36. The topological polar surface area (TPSA) is 16.1 Å². The summed E-state index contributed by atoms with van der Waals surface area (Å²) in [5.74, 6) is 0. The SMILES string of the molecule is [CH2]Sc1ccnc(CCN(C)C)c1. The molecule has 0 spiro atoms. The molecule has 1 rings (SSSR count). The largest absolute Gasteiger partial charge is 0.309 e. The van der Waals surface area contributed by atoms with E-state index < -0.39 is 0 Å². The van der Waals surface area contributed by atoms with E-state index in [2.05, 4.69) is 36.3 Å². The molecule has 0 aliphatic heterocycles. The Hall–Kier alpha value is -0.540. The Morgan fingerprint density at radius 2 is 2.31 bits per heavy atom. The predicted octanol–water partition coefficient (Wildman–Crippen LogP) is 2.07. The van der Waals surface area contributed by atoms with Crippen molar-refractivity contribution in [1.82, 2.24) is 9.88 Å². The van der Waals surface area contributed by atoms with E-state index in [1.807, 2.05) is 12.3 Å². The summed E-state index contributed by atoms with van der Waals surface area (Å²) in [5, 5.41) is 0. The molecule has 71 valence electrons. The minimum Gasteiger partial charge on any atom is -0.309 e. The summed E-state index contributed by atoms with van der Waals surface area (Å²) in [4.78, 5) is 7.63. The van der Waals surface area contributed by atoms with Crippen molar-refractivity contribution < 1.29 is 0 Å². The molecule has 13 heavy (non-hydrogen) atoms. The highest BCUT2D eigenvalue weighted by Crippen LogP contribution is 2.15. The van der Waals surface area contributed by atoms with Gasteiger partial charge in [0, 0.05) is 36.0 Å². The van der Waals surface area contributed by atoms with E-state index in [0.717, 1.165) is 18.7 Å². The number of nitrogens with zero attached hydrogens (tertiary/aromatic N) is 2. The zero-order valence-corrected chi connectivity index (χ0v) is 8.97. The van der Waals surface area contributed by atoms with E-state index >= 15 is 0 Å². The van der Waals surface area contributed by atoms with Gasteiger partial charge in [0.2, 0.25) is 0 Å². The van der Waals surface area contributed by atoms with Gasteiger partial charge in [-0.2, -0.15) is 0 Å². The average molecular weight is 195 g/mol. The Morgan fingerprint density at radius 3 is 2.92 bits per heavy atom. The Kier molecular flexibility index (Phi) is 4.25. The molecule has 0 aliphatic carbocycles. The molecule has 0 aromatic carbocycles. The zero-order chi connectivity index (χ0) is 9.68. The fourth-order valence-corrected chi connectivity index (χ4v) is 1.40. The van der Waals surface area contributed by atoms with Gasteiger partial charge in [-0.05, 0) is 26.2 Å². The quantitative estimate of drug-likeness (QED) is 0.684. The Balaban J connectivity index is 2.56. The van der Waals surface area contributed by atoms with Gasteiger partial charge in [-0.15, -0.1) is 11.8 Å². The second-order valence-electron chi connectivity index (χ2n) is 3.18.